The topological polar surface area (TPSA) is 33.1 Å². The Labute approximate surface area is 169 Å². The summed E-state index contributed by atoms with van der Waals surface area (Å²) in [6.07, 6.45) is 3.91. The summed E-state index contributed by atoms with van der Waals surface area (Å²) in [5.41, 5.74) is 4.30. The molecule has 0 bridgehead atoms. The fourth-order valence-electron chi connectivity index (χ4n) is 3.72. The predicted octanol–water partition coefficient (Wildman–Crippen LogP) is 4.83. The second kappa shape index (κ2) is 7.33. The summed E-state index contributed by atoms with van der Waals surface area (Å²) in [4.78, 5) is 6.80. The lowest BCUT2D eigenvalue weighted by molar-refractivity contribution is 0.321. The van der Waals surface area contributed by atoms with Crippen molar-refractivity contribution in [3.8, 4) is 5.69 Å². The average molecular weight is 397 g/mol. The number of halogens is 1. The Morgan fingerprint density at radius 2 is 2.04 bits per heavy atom. The normalized spacial score (nSPS) is 19.4. The van der Waals surface area contributed by atoms with Gasteiger partial charge in [0.2, 0.25) is 0 Å². The summed E-state index contributed by atoms with van der Waals surface area (Å²) >= 11 is 11.8. The zero-order valence-corrected chi connectivity index (χ0v) is 16.8. The monoisotopic (exact) mass is 396 g/mol. The van der Waals surface area contributed by atoms with Crippen LogP contribution in [-0.2, 0) is 0 Å². The van der Waals surface area contributed by atoms with Crippen LogP contribution in [0.25, 0.3) is 5.69 Å². The van der Waals surface area contributed by atoms with E-state index in [1.165, 1.54) is 5.69 Å². The standard InChI is InChI=1S/C21H21ClN4S/c1-3-25-20(19(24-21(25)27)17-7-4-5-11-23-17)18-8-6-12-26(18)15-9-10-16(22)14(2)13-15/h4-13,19-20H,3H2,1-2H3,(H,24,27)/t19-,20+/m1/s1. The van der Waals surface area contributed by atoms with Crippen molar-refractivity contribution in [2.75, 3.05) is 6.54 Å². The number of benzene rings is 1. The quantitative estimate of drug-likeness (QED) is 0.640. The second-order valence-corrected chi connectivity index (χ2v) is 7.44. The van der Waals surface area contributed by atoms with E-state index in [-0.39, 0.29) is 12.1 Å². The molecule has 1 aliphatic heterocycles. The molecule has 0 spiro atoms. The lowest BCUT2D eigenvalue weighted by Gasteiger charge is -2.28. The van der Waals surface area contributed by atoms with E-state index in [4.69, 9.17) is 23.8 Å². The molecule has 4 rings (SSSR count). The van der Waals surface area contributed by atoms with Gasteiger partial charge in [0.05, 0.1) is 17.8 Å². The number of hydrogen-bond acceptors (Lipinski definition) is 2. The van der Waals surface area contributed by atoms with Gasteiger partial charge in [-0.05, 0) is 74.1 Å². The Morgan fingerprint density at radius 3 is 2.74 bits per heavy atom. The highest BCUT2D eigenvalue weighted by molar-refractivity contribution is 7.80. The highest BCUT2D eigenvalue weighted by Gasteiger charge is 2.40. The molecule has 1 aliphatic rings. The van der Waals surface area contributed by atoms with Crippen LogP contribution in [0.5, 0.6) is 0 Å². The van der Waals surface area contributed by atoms with Gasteiger partial charge in [0, 0.05) is 35.3 Å². The maximum absolute atomic E-state index is 6.22. The molecular weight excluding hydrogens is 376 g/mol. The van der Waals surface area contributed by atoms with Crippen LogP contribution >= 0.6 is 23.8 Å². The Balaban J connectivity index is 1.81. The second-order valence-electron chi connectivity index (χ2n) is 6.65. The van der Waals surface area contributed by atoms with Gasteiger partial charge in [0.15, 0.2) is 5.11 Å². The SMILES string of the molecule is CCN1C(=S)N[C@H](c2ccccn2)[C@@H]1c1cccn1-c1ccc(Cl)c(C)c1. The molecule has 27 heavy (non-hydrogen) atoms. The molecule has 1 N–H and O–H groups in total. The smallest absolute Gasteiger partial charge is 0.170 e. The zero-order chi connectivity index (χ0) is 19.0. The minimum Gasteiger partial charge on any atom is -0.352 e. The van der Waals surface area contributed by atoms with Crippen LogP contribution in [0.2, 0.25) is 5.02 Å². The van der Waals surface area contributed by atoms with Crippen molar-refractivity contribution in [3.63, 3.8) is 0 Å². The molecule has 3 heterocycles. The molecule has 138 valence electrons. The molecule has 0 aliphatic carbocycles. The lowest BCUT2D eigenvalue weighted by Crippen LogP contribution is -2.30. The van der Waals surface area contributed by atoms with Crippen molar-refractivity contribution in [2.45, 2.75) is 25.9 Å². The van der Waals surface area contributed by atoms with Gasteiger partial charge in [0.25, 0.3) is 0 Å². The van der Waals surface area contributed by atoms with E-state index in [2.05, 4.69) is 51.1 Å². The van der Waals surface area contributed by atoms with Gasteiger partial charge in [-0.25, -0.2) is 0 Å². The van der Waals surface area contributed by atoms with E-state index >= 15 is 0 Å². The molecule has 0 amide bonds. The molecule has 0 saturated carbocycles. The largest absolute Gasteiger partial charge is 0.352 e. The Morgan fingerprint density at radius 1 is 1.19 bits per heavy atom. The number of aromatic nitrogens is 2. The molecule has 2 aromatic heterocycles. The lowest BCUT2D eigenvalue weighted by atomic mass is 10.0. The third-order valence-corrected chi connectivity index (χ3v) is 5.82. The molecule has 6 heteroatoms. The number of pyridine rings is 1. The molecule has 0 radical (unpaired) electrons. The van der Waals surface area contributed by atoms with Crippen LogP contribution < -0.4 is 5.32 Å². The van der Waals surface area contributed by atoms with Crippen molar-refractivity contribution >= 4 is 28.9 Å². The first-order chi connectivity index (χ1) is 13.1. The van der Waals surface area contributed by atoms with Gasteiger partial charge in [-0.3, -0.25) is 4.98 Å². The number of hydrogen-bond donors (Lipinski definition) is 1. The van der Waals surface area contributed by atoms with E-state index in [0.717, 1.165) is 33.6 Å². The Bertz CT molecular complexity index is 969. The first-order valence-electron chi connectivity index (χ1n) is 9.02. The van der Waals surface area contributed by atoms with E-state index in [9.17, 15) is 0 Å². The van der Waals surface area contributed by atoms with Crippen LogP contribution in [0.4, 0.5) is 0 Å². The van der Waals surface area contributed by atoms with Crippen LogP contribution in [0.3, 0.4) is 0 Å². The van der Waals surface area contributed by atoms with Gasteiger partial charge in [0.1, 0.15) is 0 Å². The van der Waals surface area contributed by atoms with Crippen LogP contribution in [0.15, 0.2) is 60.9 Å². The molecule has 4 nitrogen and oxygen atoms in total. The molecular formula is C21H21ClN4S. The molecule has 0 unspecified atom stereocenters. The van der Waals surface area contributed by atoms with Gasteiger partial charge in [-0.1, -0.05) is 17.7 Å². The summed E-state index contributed by atoms with van der Waals surface area (Å²) in [6.45, 7) is 4.97. The predicted molar refractivity (Wildman–Crippen MR) is 113 cm³/mol. The summed E-state index contributed by atoms with van der Waals surface area (Å²) < 4.78 is 2.21. The molecule has 1 aromatic carbocycles. The van der Waals surface area contributed by atoms with Crippen molar-refractivity contribution in [3.05, 3.63) is 82.9 Å². The first-order valence-corrected chi connectivity index (χ1v) is 9.80. The van der Waals surface area contributed by atoms with Gasteiger partial charge in [-0.2, -0.15) is 0 Å². The fraction of sp³-hybridized carbons (Fsp3) is 0.238. The van der Waals surface area contributed by atoms with Crippen molar-refractivity contribution in [1.29, 1.82) is 0 Å². The van der Waals surface area contributed by atoms with Gasteiger partial charge >= 0.3 is 0 Å². The fourth-order valence-corrected chi connectivity index (χ4v) is 4.20. The number of rotatable bonds is 4. The molecule has 1 fully saturated rings. The Kier molecular flexibility index (Phi) is 4.89. The minimum absolute atomic E-state index is 0.000646. The van der Waals surface area contributed by atoms with E-state index in [0.29, 0.717) is 0 Å². The van der Waals surface area contributed by atoms with Crippen LogP contribution in [0, 0.1) is 6.92 Å². The number of nitrogens with one attached hydrogen (secondary N) is 1. The number of likely N-dealkylation sites (N-methyl/N-ethyl adjacent to an activating group) is 1. The van der Waals surface area contributed by atoms with E-state index < -0.39 is 0 Å². The van der Waals surface area contributed by atoms with Gasteiger partial charge in [-0.15, -0.1) is 0 Å². The van der Waals surface area contributed by atoms with Crippen molar-refractivity contribution in [1.82, 2.24) is 19.8 Å². The molecule has 1 saturated heterocycles. The highest BCUT2D eigenvalue weighted by Crippen LogP contribution is 2.39. The highest BCUT2D eigenvalue weighted by atomic mass is 35.5. The van der Waals surface area contributed by atoms with Gasteiger partial charge < -0.3 is 14.8 Å². The Hall–Kier alpha value is -2.37. The van der Waals surface area contributed by atoms with Crippen molar-refractivity contribution < 1.29 is 0 Å². The van der Waals surface area contributed by atoms with Crippen LogP contribution in [-0.4, -0.2) is 26.1 Å². The number of thiocarbonyl (C=S) groups is 1. The average Bonchev–Trinajstić information content (AvgIpc) is 3.28. The van der Waals surface area contributed by atoms with E-state index in [1.54, 1.807) is 0 Å². The minimum atomic E-state index is 0.000646. The number of nitrogens with zero attached hydrogens (tertiary/aromatic N) is 3. The molecule has 2 atom stereocenters. The summed E-state index contributed by atoms with van der Waals surface area (Å²) in [7, 11) is 0. The zero-order valence-electron chi connectivity index (χ0n) is 15.3. The maximum Gasteiger partial charge on any atom is 0.170 e. The van der Waals surface area contributed by atoms with E-state index in [1.807, 2.05) is 43.5 Å². The summed E-state index contributed by atoms with van der Waals surface area (Å²) in [5, 5.41) is 5.01. The van der Waals surface area contributed by atoms with Crippen LogP contribution in [0.1, 0.15) is 36.0 Å². The molecule has 3 aromatic rings. The summed E-state index contributed by atoms with van der Waals surface area (Å²) in [6, 6.07) is 16.4. The third-order valence-electron chi connectivity index (χ3n) is 5.04. The van der Waals surface area contributed by atoms with Crippen molar-refractivity contribution in [2.24, 2.45) is 0 Å². The third kappa shape index (κ3) is 3.22. The first kappa shape index (κ1) is 18.0. The number of aryl methyl sites for hydroxylation is 1. The summed E-state index contributed by atoms with van der Waals surface area (Å²) in [5.74, 6) is 0. The maximum atomic E-state index is 6.22.